The Morgan fingerprint density at radius 3 is 2.11 bits per heavy atom. The molecule has 0 heterocycles. The molecule has 7 nitrogen and oxygen atoms in total. The maximum atomic E-state index is 11.5. The monoisotopic (exact) mass is 273 g/mol. The number of rotatable bonds is 7. The van der Waals surface area contributed by atoms with E-state index < -0.39 is 18.0 Å². The van der Waals surface area contributed by atoms with Crippen molar-refractivity contribution in [1.82, 2.24) is 16.0 Å². The van der Waals surface area contributed by atoms with Crippen molar-refractivity contribution in [2.24, 2.45) is 5.92 Å². The smallest absolute Gasteiger partial charge is 0.326 e. The van der Waals surface area contributed by atoms with Crippen molar-refractivity contribution in [3.8, 4) is 0 Å². The fourth-order valence-electron chi connectivity index (χ4n) is 1.41. The molecular weight excluding hydrogens is 250 g/mol. The molecule has 110 valence electrons. The molecule has 3 amide bonds. The van der Waals surface area contributed by atoms with E-state index in [2.05, 4.69) is 16.0 Å². The number of carbonyl (C=O) groups is 3. The SMILES string of the molecule is CCC(C)[C@H](NC(=O)NCC(=O)NC(C)C)C(=O)O. The molecular formula is C12H23N3O4. The van der Waals surface area contributed by atoms with Gasteiger partial charge in [-0.1, -0.05) is 20.3 Å². The van der Waals surface area contributed by atoms with Gasteiger partial charge < -0.3 is 21.1 Å². The second-order valence-electron chi connectivity index (χ2n) is 4.75. The fourth-order valence-corrected chi connectivity index (χ4v) is 1.41. The van der Waals surface area contributed by atoms with Crippen LogP contribution in [0.1, 0.15) is 34.1 Å². The number of aliphatic carboxylic acids is 1. The van der Waals surface area contributed by atoms with E-state index >= 15 is 0 Å². The maximum Gasteiger partial charge on any atom is 0.326 e. The van der Waals surface area contributed by atoms with E-state index in [4.69, 9.17) is 5.11 Å². The maximum absolute atomic E-state index is 11.5. The first-order valence-electron chi connectivity index (χ1n) is 6.34. The third-order valence-corrected chi connectivity index (χ3v) is 2.62. The topological polar surface area (TPSA) is 108 Å². The van der Waals surface area contributed by atoms with E-state index in [0.29, 0.717) is 6.42 Å². The summed E-state index contributed by atoms with van der Waals surface area (Å²) in [6.45, 7) is 7.01. The molecule has 0 aromatic carbocycles. The Kier molecular flexibility index (Phi) is 7.55. The predicted octanol–water partition coefficient (Wildman–Crippen LogP) is 0.310. The van der Waals surface area contributed by atoms with E-state index in [9.17, 15) is 14.4 Å². The van der Waals surface area contributed by atoms with Gasteiger partial charge in [0.1, 0.15) is 6.04 Å². The lowest BCUT2D eigenvalue weighted by atomic mass is 9.99. The highest BCUT2D eigenvalue weighted by Crippen LogP contribution is 2.07. The summed E-state index contributed by atoms with van der Waals surface area (Å²) in [5.74, 6) is -1.59. The summed E-state index contributed by atoms with van der Waals surface area (Å²) in [5, 5.41) is 16.3. The van der Waals surface area contributed by atoms with Crippen LogP contribution >= 0.6 is 0 Å². The van der Waals surface area contributed by atoms with Gasteiger partial charge in [0.05, 0.1) is 6.54 Å². The molecule has 0 bridgehead atoms. The van der Waals surface area contributed by atoms with E-state index in [-0.39, 0.29) is 24.4 Å². The molecule has 19 heavy (non-hydrogen) atoms. The number of amides is 3. The van der Waals surface area contributed by atoms with Crippen molar-refractivity contribution in [2.45, 2.75) is 46.2 Å². The molecule has 0 aromatic rings. The van der Waals surface area contributed by atoms with Crippen LogP contribution in [-0.4, -0.2) is 41.6 Å². The number of urea groups is 1. The van der Waals surface area contributed by atoms with Crippen LogP contribution in [0.3, 0.4) is 0 Å². The zero-order valence-corrected chi connectivity index (χ0v) is 11.8. The summed E-state index contributed by atoms with van der Waals surface area (Å²) in [6.07, 6.45) is 0.630. The van der Waals surface area contributed by atoms with Gasteiger partial charge in [-0.15, -0.1) is 0 Å². The van der Waals surface area contributed by atoms with Crippen LogP contribution in [-0.2, 0) is 9.59 Å². The molecule has 4 N–H and O–H groups in total. The number of hydrogen-bond acceptors (Lipinski definition) is 3. The summed E-state index contributed by atoms with van der Waals surface area (Å²) in [6, 6.07) is -1.63. The molecule has 0 fully saturated rings. The lowest BCUT2D eigenvalue weighted by Crippen LogP contribution is -2.51. The van der Waals surface area contributed by atoms with Crippen molar-refractivity contribution in [1.29, 1.82) is 0 Å². The minimum atomic E-state index is -1.09. The highest BCUT2D eigenvalue weighted by molar-refractivity contribution is 5.86. The summed E-state index contributed by atoms with van der Waals surface area (Å²) >= 11 is 0. The van der Waals surface area contributed by atoms with Gasteiger partial charge in [-0.25, -0.2) is 9.59 Å². The summed E-state index contributed by atoms with van der Waals surface area (Å²) in [4.78, 5) is 33.8. The average molecular weight is 273 g/mol. The van der Waals surface area contributed by atoms with Crippen LogP contribution in [0, 0.1) is 5.92 Å². The van der Waals surface area contributed by atoms with Gasteiger partial charge in [-0.05, 0) is 19.8 Å². The molecule has 0 saturated carbocycles. The molecule has 0 aliphatic rings. The third kappa shape index (κ3) is 7.28. The third-order valence-electron chi connectivity index (χ3n) is 2.62. The molecule has 0 aliphatic heterocycles. The van der Waals surface area contributed by atoms with Gasteiger partial charge in [0.25, 0.3) is 0 Å². The molecule has 0 aliphatic carbocycles. The van der Waals surface area contributed by atoms with Gasteiger partial charge >= 0.3 is 12.0 Å². The Balaban J connectivity index is 4.21. The fraction of sp³-hybridized carbons (Fsp3) is 0.750. The first kappa shape index (κ1) is 17.2. The molecule has 0 saturated heterocycles. The van der Waals surface area contributed by atoms with Crippen molar-refractivity contribution >= 4 is 17.9 Å². The second-order valence-corrected chi connectivity index (χ2v) is 4.75. The molecule has 0 rings (SSSR count). The van der Waals surface area contributed by atoms with Crippen LogP contribution in [0.4, 0.5) is 4.79 Å². The Hall–Kier alpha value is -1.79. The van der Waals surface area contributed by atoms with Crippen LogP contribution < -0.4 is 16.0 Å². The quantitative estimate of drug-likeness (QED) is 0.535. The Morgan fingerprint density at radius 2 is 1.68 bits per heavy atom. The van der Waals surface area contributed by atoms with E-state index in [1.54, 1.807) is 20.8 Å². The minimum absolute atomic E-state index is 0.00996. The van der Waals surface area contributed by atoms with Crippen LogP contribution in [0.2, 0.25) is 0 Å². The van der Waals surface area contributed by atoms with Crippen molar-refractivity contribution in [2.75, 3.05) is 6.54 Å². The number of carboxylic acids is 1. The van der Waals surface area contributed by atoms with E-state index in [0.717, 1.165) is 0 Å². The van der Waals surface area contributed by atoms with Gasteiger partial charge in [0.15, 0.2) is 0 Å². The number of hydrogen-bond donors (Lipinski definition) is 4. The zero-order valence-electron chi connectivity index (χ0n) is 11.8. The Morgan fingerprint density at radius 1 is 1.11 bits per heavy atom. The largest absolute Gasteiger partial charge is 0.480 e. The molecule has 0 radical (unpaired) electrons. The second kappa shape index (κ2) is 8.34. The molecule has 0 spiro atoms. The average Bonchev–Trinajstić information content (AvgIpc) is 2.31. The van der Waals surface area contributed by atoms with Crippen LogP contribution in [0.25, 0.3) is 0 Å². The Bertz CT molecular complexity index is 331. The number of nitrogens with one attached hydrogen (secondary N) is 3. The first-order valence-corrected chi connectivity index (χ1v) is 6.34. The van der Waals surface area contributed by atoms with Crippen molar-refractivity contribution in [3.63, 3.8) is 0 Å². The molecule has 2 atom stereocenters. The van der Waals surface area contributed by atoms with Gasteiger partial charge in [0.2, 0.25) is 5.91 Å². The van der Waals surface area contributed by atoms with E-state index in [1.807, 2.05) is 6.92 Å². The summed E-state index contributed by atoms with van der Waals surface area (Å²) < 4.78 is 0. The molecule has 7 heteroatoms. The summed E-state index contributed by atoms with van der Waals surface area (Å²) in [7, 11) is 0. The van der Waals surface area contributed by atoms with Crippen molar-refractivity contribution < 1.29 is 19.5 Å². The summed E-state index contributed by atoms with van der Waals surface area (Å²) in [5.41, 5.74) is 0. The zero-order chi connectivity index (χ0) is 15.0. The lowest BCUT2D eigenvalue weighted by molar-refractivity contribution is -0.140. The van der Waals surface area contributed by atoms with E-state index in [1.165, 1.54) is 0 Å². The normalized spacial score (nSPS) is 13.5. The Labute approximate surface area is 113 Å². The number of carboxylic acid groups (broad SMARTS) is 1. The van der Waals surface area contributed by atoms with Gasteiger partial charge in [-0.3, -0.25) is 4.79 Å². The van der Waals surface area contributed by atoms with Gasteiger partial charge in [0, 0.05) is 6.04 Å². The van der Waals surface area contributed by atoms with Gasteiger partial charge in [-0.2, -0.15) is 0 Å². The predicted molar refractivity (Wildman–Crippen MR) is 70.7 cm³/mol. The van der Waals surface area contributed by atoms with Crippen molar-refractivity contribution in [3.05, 3.63) is 0 Å². The van der Waals surface area contributed by atoms with Crippen LogP contribution in [0.5, 0.6) is 0 Å². The first-order chi connectivity index (χ1) is 8.77. The highest BCUT2D eigenvalue weighted by atomic mass is 16.4. The highest BCUT2D eigenvalue weighted by Gasteiger charge is 2.25. The standard InChI is InChI=1S/C12H23N3O4/c1-5-8(4)10(11(17)18)15-12(19)13-6-9(16)14-7(2)3/h7-8,10H,5-6H2,1-4H3,(H,14,16)(H,17,18)(H2,13,15,19)/t8?,10-/m0/s1. The lowest BCUT2D eigenvalue weighted by Gasteiger charge is -2.20. The molecule has 1 unspecified atom stereocenters. The van der Waals surface area contributed by atoms with Crippen LogP contribution in [0.15, 0.2) is 0 Å². The number of carbonyl (C=O) groups excluding carboxylic acids is 2. The molecule has 0 aromatic heterocycles. The minimum Gasteiger partial charge on any atom is -0.480 e.